The van der Waals surface area contributed by atoms with Crippen LogP contribution < -0.4 is 4.74 Å². The lowest BCUT2D eigenvalue weighted by Crippen LogP contribution is -2.25. The van der Waals surface area contributed by atoms with Gasteiger partial charge in [-0.05, 0) is 38.3 Å². The summed E-state index contributed by atoms with van der Waals surface area (Å²) in [5.41, 5.74) is 0.881. The highest BCUT2D eigenvalue weighted by molar-refractivity contribution is 5.25. The van der Waals surface area contributed by atoms with Crippen LogP contribution in [0.1, 0.15) is 25.0 Å². The van der Waals surface area contributed by atoms with Gasteiger partial charge in [-0.15, -0.1) is 0 Å². The fourth-order valence-corrected chi connectivity index (χ4v) is 1.80. The van der Waals surface area contributed by atoms with Crippen LogP contribution in [0.3, 0.4) is 0 Å². The molecule has 0 spiro atoms. The Bertz CT molecular complexity index is 314. The van der Waals surface area contributed by atoms with Gasteiger partial charge in [0.1, 0.15) is 11.9 Å². The standard InChI is InChI=1S/C11H15NO2/c1-8-10(6-3-7-12-8)14-11-5-2-4-9(11)13/h3,6-7,9,11,13H,2,4-5H2,1H3/t9-,11-/m1/s1. The van der Waals surface area contributed by atoms with Gasteiger partial charge in [-0.1, -0.05) is 0 Å². The Hall–Kier alpha value is -1.09. The average Bonchev–Trinajstić information content (AvgIpc) is 2.56. The van der Waals surface area contributed by atoms with Crippen molar-refractivity contribution in [2.45, 2.75) is 38.4 Å². The summed E-state index contributed by atoms with van der Waals surface area (Å²) in [5, 5.41) is 9.60. The highest BCUT2D eigenvalue weighted by Gasteiger charge is 2.27. The van der Waals surface area contributed by atoms with Crippen molar-refractivity contribution >= 4 is 0 Å². The number of ether oxygens (including phenoxy) is 1. The number of rotatable bonds is 2. The predicted molar refractivity (Wildman–Crippen MR) is 53.2 cm³/mol. The molecule has 0 saturated heterocycles. The van der Waals surface area contributed by atoms with Gasteiger partial charge in [0.25, 0.3) is 0 Å². The molecule has 1 aromatic rings. The van der Waals surface area contributed by atoms with Crippen molar-refractivity contribution in [1.82, 2.24) is 4.98 Å². The first kappa shape index (κ1) is 9.46. The molecule has 0 amide bonds. The average molecular weight is 193 g/mol. The topological polar surface area (TPSA) is 42.4 Å². The largest absolute Gasteiger partial charge is 0.486 e. The minimum Gasteiger partial charge on any atom is -0.486 e. The molecule has 0 aromatic carbocycles. The van der Waals surface area contributed by atoms with Gasteiger partial charge in [-0.3, -0.25) is 4.98 Å². The van der Waals surface area contributed by atoms with Crippen LogP contribution in [0.4, 0.5) is 0 Å². The van der Waals surface area contributed by atoms with Crippen LogP contribution in [0.15, 0.2) is 18.3 Å². The molecule has 3 nitrogen and oxygen atoms in total. The van der Waals surface area contributed by atoms with Crippen molar-refractivity contribution < 1.29 is 9.84 Å². The number of hydrogen-bond donors (Lipinski definition) is 1. The van der Waals surface area contributed by atoms with Gasteiger partial charge in [-0.2, -0.15) is 0 Å². The molecule has 14 heavy (non-hydrogen) atoms. The number of pyridine rings is 1. The van der Waals surface area contributed by atoms with E-state index in [4.69, 9.17) is 4.74 Å². The van der Waals surface area contributed by atoms with E-state index in [0.29, 0.717) is 0 Å². The van der Waals surface area contributed by atoms with Crippen molar-refractivity contribution in [3.05, 3.63) is 24.0 Å². The molecular weight excluding hydrogens is 178 g/mol. The summed E-state index contributed by atoms with van der Waals surface area (Å²) in [4.78, 5) is 4.14. The number of aryl methyl sites for hydroxylation is 1. The van der Waals surface area contributed by atoms with Crippen LogP contribution in [0, 0.1) is 6.92 Å². The van der Waals surface area contributed by atoms with Crippen molar-refractivity contribution in [2.24, 2.45) is 0 Å². The summed E-state index contributed by atoms with van der Waals surface area (Å²) >= 11 is 0. The minimum absolute atomic E-state index is 0.0436. The molecule has 0 bridgehead atoms. The van der Waals surface area contributed by atoms with Crippen LogP contribution in [0.2, 0.25) is 0 Å². The molecule has 1 saturated carbocycles. The Morgan fingerprint density at radius 3 is 3.00 bits per heavy atom. The molecule has 1 heterocycles. The lowest BCUT2D eigenvalue weighted by molar-refractivity contribution is 0.0597. The lowest BCUT2D eigenvalue weighted by Gasteiger charge is -2.17. The second kappa shape index (κ2) is 3.96. The first-order valence-corrected chi connectivity index (χ1v) is 5.04. The monoisotopic (exact) mass is 193 g/mol. The van der Waals surface area contributed by atoms with E-state index in [-0.39, 0.29) is 12.2 Å². The number of aliphatic hydroxyl groups is 1. The Labute approximate surface area is 83.7 Å². The maximum absolute atomic E-state index is 9.60. The smallest absolute Gasteiger partial charge is 0.141 e. The molecule has 2 rings (SSSR count). The van der Waals surface area contributed by atoms with Crippen molar-refractivity contribution in [2.75, 3.05) is 0 Å². The van der Waals surface area contributed by atoms with Gasteiger partial charge in [0, 0.05) is 6.20 Å². The second-order valence-corrected chi connectivity index (χ2v) is 3.74. The summed E-state index contributed by atoms with van der Waals surface area (Å²) in [6, 6.07) is 3.75. The van der Waals surface area contributed by atoms with E-state index >= 15 is 0 Å². The minimum atomic E-state index is -0.311. The number of aliphatic hydroxyl groups excluding tert-OH is 1. The first-order valence-electron chi connectivity index (χ1n) is 5.04. The Morgan fingerprint density at radius 2 is 2.36 bits per heavy atom. The van der Waals surface area contributed by atoms with Gasteiger partial charge >= 0.3 is 0 Å². The number of hydrogen-bond acceptors (Lipinski definition) is 3. The van der Waals surface area contributed by atoms with E-state index in [1.165, 1.54) is 0 Å². The Kier molecular flexibility index (Phi) is 2.68. The Balaban J connectivity index is 2.07. The molecule has 1 aliphatic carbocycles. The first-order chi connectivity index (χ1) is 6.77. The van der Waals surface area contributed by atoms with E-state index in [1.54, 1.807) is 6.20 Å². The van der Waals surface area contributed by atoms with Gasteiger partial charge in [0.15, 0.2) is 0 Å². The lowest BCUT2D eigenvalue weighted by atomic mass is 10.2. The summed E-state index contributed by atoms with van der Waals surface area (Å²) in [6.07, 6.45) is 4.23. The molecule has 76 valence electrons. The van der Waals surface area contributed by atoms with Crippen molar-refractivity contribution in [1.29, 1.82) is 0 Å². The number of nitrogens with zero attached hydrogens (tertiary/aromatic N) is 1. The zero-order valence-corrected chi connectivity index (χ0v) is 8.31. The molecule has 2 atom stereocenters. The van der Waals surface area contributed by atoms with Crippen LogP contribution >= 0.6 is 0 Å². The third-order valence-electron chi connectivity index (χ3n) is 2.65. The molecule has 1 fully saturated rings. The highest BCUT2D eigenvalue weighted by Crippen LogP contribution is 2.25. The Morgan fingerprint density at radius 1 is 1.50 bits per heavy atom. The summed E-state index contributed by atoms with van der Waals surface area (Å²) in [6.45, 7) is 1.91. The van der Waals surface area contributed by atoms with Crippen LogP contribution in [-0.2, 0) is 0 Å². The van der Waals surface area contributed by atoms with Gasteiger partial charge in [0.05, 0.1) is 11.8 Å². The third kappa shape index (κ3) is 1.87. The van der Waals surface area contributed by atoms with Crippen LogP contribution in [-0.4, -0.2) is 22.3 Å². The molecule has 0 radical (unpaired) electrons. The molecule has 0 aliphatic heterocycles. The molecule has 0 unspecified atom stereocenters. The maximum atomic E-state index is 9.60. The zero-order chi connectivity index (χ0) is 9.97. The molecule has 1 N–H and O–H groups in total. The normalized spacial score (nSPS) is 26.4. The summed E-state index contributed by atoms with van der Waals surface area (Å²) < 4.78 is 5.71. The quantitative estimate of drug-likeness (QED) is 0.777. The molecular formula is C11H15NO2. The molecule has 1 aliphatic rings. The fraction of sp³-hybridized carbons (Fsp3) is 0.545. The zero-order valence-electron chi connectivity index (χ0n) is 8.31. The SMILES string of the molecule is Cc1ncccc1O[C@@H]1CCC[C@H]1O. The highest BCUT2D eigenvalue weighted by atomic mass is 16.5. The van der Waals surface area contributed by atoms with Gasteiger partial charge in [-0.25, -0.2) is 0 Å². The summed E-state index contributed by atoms with van der Waals surface area (Å²) in [5.74, 6) is 0.790. The third-order valence-corrected chi connectivity index (χ3v) is 2.65. The van der Waals surface area contributed by atoms with Crippen LogP contribution in [0.25, 0.3) is 0 Å². The second-order valence-electron chi connectivity index (χ2n) is 3.74. The van der Waals surface area contributed by atoms with E-state index < -0.39 is 0 Å². The summed E-state index contributed by atoms with van der Waals surface area (Å²) in [7, 11) is 0. The van der Waals surface area contributed by atoms with E-state index in [1.807, 2.05) is 19.1 Å². The predicted octanol–water partition coefficient (Wildman–Crippen LogP) is 1.68. The van der Waals surface area contributed by atoms with Gasteiger partial charge < -0.3 is 9.84 Å². The van der Waals surface area contributed by atoms with Gasteiger partial charge in [0.2, 0.25) is 0 Å². The van der Waals surface area contributed by atoms with Crippen LogP contribution in [0.5, 0.6) is 5.75 Å². The molecule has 1 aromatic heterocycles. The number of aromatic nitrogens is 1. The molecule has 3 heteroatoms. The van der Waals surface area contributed by atoms with Crippen molar-refractivity contribution in [3.63, 3.8) is 0 Å². The fourth-order valence-electron chi connectivity index (χ4n) is 1.80. The van der Waals surface area contributed by atoms with E-state index in [2.05, 4.69) is 4.98 Å². The van der Waals surface area contributed by atoms with Crippen molar-refractivity contribution in [3.8, 4) is 5.75 Å². The van der Waals surface area contributed by atoms with E-state index in [0.717, 1.165) is 30.7 Å². The van der Waals surface area contributed by atoms with E-state index in [9.17, 15) is 5.11 Å². The maximum Gasteiger partial charge on any atom is 0.141 e.